The van der Waals surface area contributed by atoms with Crippen molar-refractivity contribution in [3.8, 4) is 5.75 Å². The Labute approximate surface area is 125 Å². The summed E-state index contributed by atoms with van der Waals surface area (Å²) < 4.78 is 7.73. The summed E-state index contributed by atoms with van der Waals surface area (Å²) in [4.78, 5) is 11.2. The molecule has 0 saturated carbocycles. The normalized spacial score (nSPS) is 11.8. The van der Waals surface area contributed by atoms with Crippen LogP contribution in [0.3, 0.4) is 0 Å². The molecule has 2 rings (SSSR count). The van der Waals surface area contributed by atoms with Crippen LogP contribution in [0, 0.1) is 5.41 Å². The van der Waals surface area contributed by atoms with Crippen LogP contribution in [0.15, 0.2) is 30.5 Å². The number of carboxylic acid groups (broad SMARTS) is 1. The molecule has 1 aromatic heterocycles. The third-order valence-corrected chi connectivity index (χ3v) is 3.77. The molecule has 0 unspecified atom stereocenters. The number of carboxylic acids is 1. The molecule has 0 aliphatic rings. The van der Waals surface area contributed by atoms with Gasteiger partial charge in [0.15, 0.2) is 0 Å². The standard InChI is InChI=1S/C17H23NO3/c1-4-11-21-14-5-6-15-13(12-14)7-9-18(15)10-8-17(2,3)16(19)20/h5-7,9,12H,4,8,10-11H2,1-3H3,(H,19,20). The molecular weight excluding hydrogens is 266 g/mol. The van der Waals surface area contributed by atoms with Crippen LogP contribution in [-0.2, 0) is 11.3 Å². The fourth-order valence-corrected chi connectivity index (χ4v) is 2.19. The van der Waals surface area contributed by atoms with Gasteiger partial charge in [-0.3, -0.25) is 4.79 Å². The predicted octanol–water partition coefficient (Wildman–Crippen LogP) is 3.93. The minimum Gasteiger partial charge on any atom is -0.494 e. The molecule has 0 spiro atoms. The summed E-state index contributed by atoms with van der Waals surface area (Å²) in [5, 5.41) is 10.3. The molecule has 21 heavy (non-hydrogen) atoms. The maximum Gasteiger partial charge on any atom is 0.309 e. The number of aliphatic carboxylic acids is 1. The van der Waals surface area contributed by atoms with Gasteiger partial charge in [-0.15, -0.1) is 0 Å². The summed E-state index contributed by atoms with van der Waals surface area (Å²) in [6, 6.07) is 8.08. The average Bonchev–Trinajstić information content (AvgIpc) is 2.85. The van der Waals surface area contributed by atoms with E-state index in [1.165, 1.54) is 0 Å². The van der Waals surface area contributed by atoms with Crippen LogP contribution < -0.4 is 4.74 Å². The van der Waals surface area contributed by atoms with E-state index in [2.05, 4.69) is 11.5 Å². The monoisotopic (exact) mass is 289 g/mol. The lowest BCUT2D eigenvalue weighted by Crippen LogP contribution is -2.25. The van der Waals surface area contributed by atoms with E-state index in [9.17, 15) is 9.90 Å². The van der Waals surface area contributed by atoms with Crippen molar-refractivity contribution >= 4 is 16.9 Å². The summed E-state index contributed by atoms with van der Waals surface area (Å²) in [6.45, 7) is 7.02. The number of ether oxygens (including phenoxy) is 1. The molecule has 1 heterocycles. The Morgan fingerprint density at radius 3 is 2.76 bits per heavy atom. The number of benzene rings is 1. The highest BCUT2D eigenvalue weighted by Gasteiger charge is 2.26. The third kappa shape index (κ3) is 3.57. The first-order valence-corrected chi connectivity index (χ1v) is 7.39. The third-order valence-electron chi connectivity index (χ3n) is 3.77. The van der Waals surface area contributed by atoms with Gasteiger partial charge in [-0.2, -0.15) is 0 Å². The molecule has 0 aliphatic carbocycles. The molecular formula is C17H23NO3. The van der Waals surface area contributed by atoms with Gasteiger partial charge in [0, 0.05) is 23.6 Å². The van der Waals surface area contributed by atoms with Gasteiger partial charge in [0.1, 0.15) is 5.75 Å². The van der Waals surface area contributed by atoms with Crippen molar-refractivity contribution < 1.29 is 14.6 Å². The smallest absolute Gasteiger partial charge is 0.309 e. The van der Waals surface area contributed by atoms with Crippen LogP contribution in [-0.4, -0.2) is 22.2 Å². The second-order valence-electron chi connectivity index (χ2n) is 6.02. The van der Waals surface area contributed by atoms with E-state index in [0.29, 0.717) is 13.0 Å². The Bertz CT molecular complexity index is 628. The number of aryl methyl sites for hydroxylation is 1. The number of nitrogens with zero attached hydrogens (tertiary/aromatic N) is 1. The summed E-state index contributed by atoms with van der Waals surface area (Å²) in [5.41, 5.74) is 0.404. The van der Waals surface area contributed by atoms with E-state index in [-0.39, 0.29) is 0 Å². The lowest BCUT2D eigenvalue weighted by atomic mass is 9.89. The SMILES string of the molecule is CCCOc1ccc2c(ccn2CCC(C)(C)C(=O)O)c1. The summed E-state index contributed by atoms with van der Waals surface area (Å²) in [5.74, 6) is 0.127. The first-order chi connectivity index (χ1) is 9.94. The van der Waals surface area contributed by atoms with Crippen molar-refractivity contribution in [3.05, 3.63) is 30.5 Å². The Morgan fingerprint density at radius 1 is 1.33 bits per heavy atom. The van der Waals surface area contributed by atoms with E-state index >= 15 is 0 Å². The largest absolute Gasteiger partial charge is 0.494 e. The lowest BCUT2D eigenvalue weighted by molar-refractivity contribution is -0.147. The molecule has 1 N–H and O–H groups in total. The molecule has 0 saturated heterocycles. The van der Waals surface area contributed by atoms with E-state index in [0.717, 1.165) is 29.7 Å². The predicted molar refractivity (Wildman–Crippen MR) is 83.8 cm³/mol. The van der Waals surface area contributed by atoms with Crippen LogP contribution >= 0.6 is 0 Å². The molecule has 0 amide bonds. The molecule has 4 heteroatoms. The zero-order chi connectivity index (χ0) is 15.5. The van der Waals surface area contributed by atoms with Crippen LogP contribution in [0.5, 0.6) is 5.75 Å². The van der Waals surface area contributed by atoms with Gasteiger partial charge >= 0.3 is 5.97 Å². The summed E-state index contributed by atoms with van der Waals surface area (Å²) >= 11 is 0. The Morgan fingerprint density at radius 2 is 2.10 bits per heavy atom. The Balaban J connectivity index is 2.13. The molecule has 0 bridgehead atoms. The number of hydrogen-bond acceptors (Lipinski definition) is 2. The second-order valence-corrected chi connectivity index (χ2v) is 6.02. The first-order valence-electron chi connectivity index (χ1n) is 7.39. The number of carbonyl (C=O) groups is 1. The topological polar surface area (TPSA) is 51.5 Å². The van der Waals surface area contributed by atoms with E-state index < -0.39 is 11.4 Å². The molecule has 0 fully saturated rings. The van der Waals surface area contributed by atoms with Gasteiger partial charge in [-0.05, 0) is 51.0 Å². The quantitative estimate of drug-likeness (QED) is 0.840. The fraction of sp³-hybridized carbons (Fsp3) is 0.471. The maximum atomic E-state index is 11.2. The number of hydrogen-bond donors (Lipinski definition) is 1. The molecule has 4 nitrogen and oxygen atoms in total. The van der Waals surface area contributed by atoms with Gasteiger partial charge in [0.05, 0.1) is 12.0 Å². The van der Waals surface area contributed by atoms with Crippen LogP contribution in [0.2, 0.25) is 0 Å². The summed E-state index contributed by atoms with van der Waals surface area (Å²) in [6.07, 6.45) is 3.59. The fourth-order valence-electron chi connectivity index (χ4n) is 2.19. The minimum atomic E-state index is -0.755. The highest BCUT2D eigenvalue weighted by molar-refractivity contribution is 5.81. The van der Waals surface area contributed by atoms with Crippen LogP contribution in [0.4, 0.5) is 0 Å². The maximum absolute atomic E-state index is 11.2. The van der Waals surface area contributed by atoms with Crippen molar-refractivity contribution in [2.45, 2.75) is 40.2 Å². The molecule has 1 aromatic carbocycles. The van der Waals surface area contributed by atoms with E-state index in [4.69, 9.17) is 4.74 Å². The zero-order valence-corrected chi connectivity index (χ0v) is 12.9. The number of aromatic nitrogens is 1. The number of rotatable bonds is 7. The van der Waals surface area contributed by atoms with Crippen molar-refractivity contribution in [3.63, 3.8) is 0 Å². The van der Waals surface area contributed by atoms with Gasteiger partial charge in [0.2, 0.25) is 0 Å². The lowest BCUT2D eigenvalue weighted by Gasteiger charge is -2.19. The number of fused-ring (bicyclic) bond motifs is 1. The molecule has 0 atom stereocenters. The van der Waals surface area contributed by atoms with Gasteiger partial charge < -0.3 is 14.4 Å². The van der Waals surface area contributed by atoms with Crippen molar-refractivity contribution in [2.24, 2.45) is 5.41 Å². The average molecular weight is 289 g/mol. The van der Waals surface area contributed by atoms with Gasteiger partial charge in [0.25, 0.3) is 0 Å². The van der Waals surface area contributed by atoms with Crippen molar-refractivity contribution in [2.75, 3.05) is 6.61 Å². The molecule has 0 radical (unpaired) electrons. The highest BCUT2D eigenvalue weighted by atomic mass is 16.5. The van der Waals surface area contributed by atoms with Gasteiger partial charge in [-0.1, -0.05) is 6.92 Å². The molecule has 2 aromatic rings. The highest BCUT2D eigenvalue weighted by Crippen LogP contribution is 2.25. The Kier molecular flexibility index (Phi) is 4.56. The molecule has 114 valence electrons. The van der Waals surface area contributed by atoms with E-state index in [1.807, 2.05) is 30.5 Å². The van der Waals surface area contributed by atoms with Crippen molar-refractivity contribution in [1.29, 1.82) is 0 Å². The van der Waals surface area contributed by atoms with E-state index in [1.54, 1.807) is 13.8 Å². The first kappa shape index (κ1) is 15.4. The minimum absolute atomic E-state index is 0.597. The van der Waals surface area contributed by atoms with Gasteiger partial charge in [-0.25, -0.2) is 0 Å². The van der Waals surface area contributed by atoms with Crippen LogP contribution in [0.25, 0.3) is 10.9 Å². The zero-order valence-electron chi connectivity index (χ0n) is 12.9. The molecule has 0 aliphatic heterocycles. The Hall–Kier alpha value is -1.97. The van der Waals surface area contributed by atoms with Crippen molar-refractivity contribution in [1.82, 2.24) is 4.57 Å². The summed E-state index contributed by atoms with van der Waals surface area (Å²) in [7, 11) is 0. The van der Waals surface area contributed by atoms with Crippen LogP contribution in [0.1, 0.15) is 33.6 Å². The second kappa shape index (κ2) is 6.20.